The molecule has 2 amide bonds. The summed E-state index contributed by atoms with van der Waals surface area (Å²) in [7, 11) is 0. The number of aromatic nitrogens is 2. The molecule has 2 aromatic heterocycles. The number of nitrogens with two attached hydrogens (primary N) is 1. The molecule has 0 saturated carbocycles. The Hall–Kier alpha value is -4.19. The maximum atomic E-state index is 12.5. The van der Waals surface area contributed by atoms with Crippen molar-refractivity contribution in [2.24, 2.45) is 5.73 Å². The van der Waals surface area contributed by atoms with Crippen LogP contribution in [0.25, 0.3) is 23.0 Å². The number of fused-ring (bicyclic) bond motifs is 1. The zero-order chi connectivity index (χ0) is 22.0. The molecular weight excluding hydrogens is 388 g/mol. The largest absolute Gasteiger partial charge is 0.366 e. The smallest absolute Gasteiger partial charge is 0.248 e. The van der Waals surface area contributed by atoms with Gasteiger partial charge in [0.25, 0.3) is 0 Å². The zero-order valence-electron chi connectivity index (χ0n) is 17.3. The van der Waals surface area contributed by atoms with Gasteiger partial charge in [-0.25, -0.2) is 4.98 Å². The second-order valence-electron chi connectivity index (χ2n) is 7.41. The molecule has 2 aromatic carbocycles. The van der Waals surface area contributed by atoms with Crippen molar-refractivity contribution >= 4 is 29.2 Å². The molecule has 0 saturated heterocycles. The lowest BCUT2D eigenvalue weighted by Gasteiger charge is -2.04. The van der Waals surface area contributed by atoms with Gasteiger partial charge in [-0.15, -0.1) is 0 Å². The van der Waals surface area contributed by atoms with E-state index in [9.17, 15) is 9.59 Å². The van der Waals surface area contributed by atoms with E-state index >= 15 is 0 Å². The predicted octanol–water partition coefficient (Wildman–Crippen LogP) is 4.37. The van der Waals surface area contributed by atoms with Crippen LogP contribution in [0.2, 0.25) is 0 Å². The third kappa shape index (κ3) is 4.38. The van der Waals surface area contributed by atoms with Crippen LogP contribution < -0.4 is 11.1 Å². The van der Waals surface area contributed by atoms with E-state index in [1.807, 2.05) is 60.8 Å². The minimum absolute atomic E-state index is 0.288. The van der Waals surface area contributed by atoms with Crippen molar-refractivity contribution in [3.8, 4) is 11.3 Å². The van der Waals surface area contributed by atoms with Crippen molar-refractivity contribution in [2.45, 2.75) is 13.8 Å². The fourth-order valence-electron chi connectivity index (χ4n) is 3.31. The average Bonchev–Trinajstić information content (AvgIpc) is 3.10. The van der Waals surface area contributed by atoms with Crippen LogP contribution >= 0.6 is 0 Å². The summed E-state index contributed by atoms with van der Waals surface area (Å²) in [6.07, 6.45) is 5.19. The highest BCUT2D eigenvalue weighted by molar-refractivity contribution is 6.02. The van der Waals surface area contributed by atoms with Gasteiger partial charge in [0.05, 0.1) is 11.4 Å². The number of hydrogen-bond acceptors (Lipinski definition) is 3. The Morgan fingerprint density at radius 3 is 2.35 bits per heavy atom. The maximum Gasteiger partial charge on any atom is 0.248 e. The first-order valence-electron chi connectivity index (χ1n) is 9.85. The summed E-state index contributed by atoms with van der Waals surface area (Å²) in [5, 5.41) is 2.79. The summed E-state index contributed by atoms with van der Waals surface area (Å²) in [5.74, 6) is -0.798. The van der Waals surface area contributed by atoms with E-state index in [0.29, 0.717) is 11.3 Å². The van der Waals surface area contributed by atoms with Gasteiger partial charge in [-0.05, 0) is 61.9 Å². The van der Waals surface area contributed by atoms with Crippen molar-refractivity contribution in [1.29, 1.82) is 0 Å². The fraction of sp³-hybridized carbons (Fsp3) is 0.0800. The lowest BCUT2D eigenvalue weighted by Crippen LogP contribution is -2.11. The summed E-state index contributed by atoms with van der Waals surface area (Å²) in [4.78, 5) is 28.5. The third-order valence-electron chi connectivity index (χ3n) is 4.97. The Labute approximate surface area is 180 Å². The highest BCUT2D eigenvalue weighted by Crippen LogP contribution is 2.26. The number of benzene rings is 2. The van der Waals surface area contributed by atoms with Crippen LogP contribution in [0.15, 0.2) is 72.9 Å². The van der Waals surface area contributed by atoms with Crippen LogP contribution in [0, 0.1) is 13.8 Å². The van der Waals surface area contributed by atoms with Crippen LogP contribution in [0.3, 0.4) is 0 Å². The molecule has 0 atom stereocenters. The van der Waals surface area contributed by atoms with Gasteiger partial charge < -0.3 is 11.1 Å². The quantitative estimate of drug-likeness (QED) is 0.479. The summed E-state index contributed by atoms with van der Waals surface area (Å²) < 4.78 is 1.97. The molecule has 31 heavy (non-hydrogen) atoms. The van der Waals surface area contributed by atoms with Gasteiger partial charge >= 0.3 is 0 Å². The highest BCUT2D eigenvalue weighted by atomic mass is 16.1. The lowest BCUT2D eigenvalue weighted by atomic mass is 10.1. The summed E-state index contributed by atoms with van der Waals surface area (Å²) in [6, 6.07) is 18.6. The highest BCUT2D eigenvalue weighted by Gasteiger charge is 2.12. The molecule has 2 heterocycles. The second kappa shape index (κ2) is 8.28. The number of anilines is 1. The van der Waals surface area contributed by atoms with Gasteiger partial charge in [0.15, 0.2) is 0 Å². The third-order valence-corrected chi connectivity index (χ3v) is 4.97. The molecule has 154 valence electrons. The number of aryl methyl sites for hydroxylation is 2. The van der Waals surface area contributed by atoms with Crippen molar-refractivity contribution in [1.82, 2.24) is 9.38 Å². The van der Waals surface area contributed by atoms with Crippen LogP contribution in [0.4, 0.5) is 5.69 Å². The molecule has 3 N–H and O–H groups in total. The van der Waals surface area contributed by atoms with E-state index in [4.69, 9.17) is 10.7 Å². The van der Waals surface area contributed by atoms with Crippen molar-refractivity contribution in [2.75, 3.05) is 5.32 Å². The molecule has 4 aromatic rings. The predicted molar refractivity (Wildman–Crippen MR) is 123 cm³/mol. The van der Waals surface area contributed by atoms with Crippen LogP contribution in [-0.4, -0.2) is 21.2 Å². The Morgan fingerprint density at radius 2 is 1.68 bits per heavy atom. The van der Waals surface area contributed by atoms with Gasteiger partial charge in [0, 0.05) is 29.1 Å². The molecule has 0 bridgehead atoms. The Morgan fingerprint density at radius 1 is 0.968 bits per heavy atom. The number of primary amides is 1. The molecule has 0 aliphatic carbocycles. The Kier molecular flexibility index (Phi) is 5.37. The summed E-state index contributed by atoms with van der Waals surface area (Å²) in [5.41, 5.74) is 11.9. The molecule has 6 nitrogen and oxygen atoms in total. The Bertz CT molecular complexity index is 1300. The van der Waals surface area contributed by atoms with Gasteiger partial charge in [-0.2, -0.15) is 0 Å². The number of hydrogen-bond donors (Lipinski definition) is 2. The average molecular weight is 410 g/mol. The van der Waals surface area contributed by atoms with Crippen LogP contribution in [0.1, 0.15) is 27.2 Å². The minimum atomic E-state index is -0.510. The molecule has 6 heteroatoms. The van der Waals surface area contributed by atoms with Crippen LogP contribution in [-0.2, 0) is 4.79 Å². The number of rotatable bonds is 5. The number of carbonyl (C=O) groups is 2. The standard InChI is InChI=1S/C25H22N4O2/c1-16-3-5-18(6-4-16)24-21(29-14-13-17(2)15-22(29)28-24)11-12-23(30)27-20-9-7-19(8-10-20)25(26)31/h3-15H,1-2H3,(H2,26,31)(H,27,30)/b12-11+. The van der Waals surface area contributed by atoms with E-state index < -0.39 is 5.91 Å². The monoisotopic (exact) mass is 410 g/mol. The first kappa shape index (κ1) is 20.1. The molecule has 0 spiro atoms. The summed E-state index contributed by atoms with van der Waals surface area (Å²) >= 11 is 0. The topological polar surface area (TPSA) is 89.5 Å². The van der Waals surface area contributed by atoms with Gasteiger partial charge in [0.1, 0.15) is 5.65 Å². The molecule has 0 unspecified atom stereocenters. The molecular formula is C25H22N4O2. The van der Waals surface area contributed by atoms with Gasteiger partial charge in [-0.3, -0.25) is 14.0 Å². The molecule has 0 aliphatic heterocycles. The number of nitrogens with zero attached hydrogens (tertiary/aromatic N) is 2. The number of amides is 2. The first-order valence-corrected chi connectivity index (χ1v) is 9.85. The SMILES string of the molecule is Cc1ccc(-c2nc3cc(C)ccn3c2/C=C/C(=O)Nc2ccc(C(N)=O)cc2)cc1. The van der Waals surface area contributed by atoms with Gasteiger partial charge in [0.2, 0.25) is 11.8 Å². The fourth-order valence-corrected chi connectivity index (χ4v) is 3.31. The Balaban J connectivity index is 1.65. The van der Waals surface area contributed by atoms with E-state index in [0.717, 1.165) is 28.2 Å². The van der Waals surface area contributed by atoms with Crippen molar-refractivity contribution < 1.29 is 9.59 Å². The molecule has 0 aliphatic rings. The van der Waals surface area contributed by atoms with E-state index in [-0.39, 0.29) is 5.91 Å². The van der Waals surface area contributed by atoms with Crippen LogP contribution in [0.5, 0.6) is 0 Å². The van der Waals surface area contributed by atoms with Crippen molar-refractivity contribution in [3.05, 3.63) is 95.3 Å². The van der Waals surface area contributed by atoms with E-state index in [2.05, 4.69) is 5.32 Å². The molecule has 0 fully saturated rings. The first-order chi connectivity index (χ1) is 14.9. The maximum absolute atomic E-state index is 12.5. The number of pyridine rings is 1. The number of carbonyl (C=O) groups excluding carboxylic acids is 2. The zero-order valence-corrected chi connectivity index (χ0v) is 17.3. The molecule has 0 radical (unpaired) electrons. The van der Waals surface area contributed by atoms with Crippen molar-refractivity contribution in [3.63, 3.8) is 0 Å². The number of nitrogens with one attached hydrogen (secondary N) is 1. The van der Waals surface area contributed by atoms with Gasteiger partial charge in [-0.1, -0.05) is 29.8 Å². The number of imidazole rings is 1. The lowest BCUT2D eigenvalue weighted by molar-refractivity contribution is -0.111. The molecule has 4 rings (SSSR count). The second-order valence-corrected chi connectivity index (χ2v) is 7.41. The summed E-state index contributed by atoms with van der Waals surface area (Å²) in [6.45, 7) is 4.06. The normalized spacial score (nSPS) is 11.2. The van der Waals surface area contributed by atoms with E-state index in [1.165, 1.54) is 11.6 Å². The van der Waals surface area contributed by atoms with E-state index in [1.54, 1.807) is 30.3 Å². The minimum Gasteiger partial charge on any atom is -0.366 e.